The Morgan fingerprint density at radius 1 is 1.09 bits per heavy atom. The van der Waals surface area contributed by atoms with Gasteiger partial charge in [-0.15, -0.1) is 0 Å². The molecule has 2 heterocycles. The van der Waals surface area contributed by atoms with E-state index < -0.39 is 0 Å². The fourth-order valence-electron chi connectivity index (χ4n) is 2.79. The number of nitrogens with two attached hydrogens (primary N) is 1. The molecule has 0 fully saturated rings. The molecule has 3 aromatic rings. The van der Waals surface area contributed by atoms with Gasteiger partial charge in [0.1, 0.15) is 16.9 Å². The van der Waals surface area contributed by atoms with E-state index in [4.69, 9.17) is 19.3 Å². The summed E-state index contributed by atoms with van der Waals surface area (Å²) in [6, 6.07) is 3.51. The van der Waals surface area contributed by atoms with Crippen LogP contribution >= 0.6 is 0 Å². The van der Waals surface area contributed by atoms with Crippen molar-refractivity contribution in [1.82, 2.24) is 0 Å². The minimum Gasteiger partial charge on any atom is -0.461 e. The van der Waals surface area contributed by atoms with Gasteiger partial charge in [-0.2, -0.15) is 0 Å². The Morgan fingerprint density at radius 2 is 1.82 bits per heavy atom. The summed E-state index contributed by atoms with van der Waals surface area (Å²) in [5, 5.41) is 1.92. The second kappa shape index (κ2) is 5.59. The van der Waals surface area contributed by atoms with Crippen molar-refractivity contribution < 1.29 is 13.6 Å². The molecule has 22 heavy (non-hydrogen) atoms. The Morgan fingerprint density at radius 3 is 2.55 bits per heavy atom. The van der Waals surface area contributed by atoms with Crippen LogP contribution in [0, 0.1) is 20.8 Å². The van der Waals surface area contributed by atoms with E-state index in [1.807, 2.05) is 26.8 Å². The highest BCUT2D eigenvalue weighted by molar-refractivity contribution is 5.99. The molecule has 0 amide bonds. The van der Waals surface area contributed by atoms with E-state index in [0.29, 0.717) is 25.3 Å². The molecule has 0 saturated heterocycles. The van der Waals surface area contributed by atoms with E-state index in [0.717, 1.165) is 38.8 Å². The molecule has 0 atom stereocenters. The molecule has 1 aromatic carbocycles. The molecule has 2 aromatic heterocycles. The van der Waals surface area contributed by atoms with E-state index in [9.17, 15) is 4.79 Å². The van der Waals surface area contributed by atoms with Crippen molar-refractivity contribution in [3.05, 3.63) is 45.0 Å². The lowest BCUT2D eigenvalue weighted by atomic mass is 10.0. The van der Waals surface area contributed by atoms with Crippen molar-refractivity contribution in [3.8, 4) is 0 Å². The van der Waals surface area contributed by atoms with Gasteiger partial charge in [-0.1, -0.05) is 0 Å². The molecule has 116 valence electrons. The van der Waals surface area contributed by atoms with Crippen LogP contribution in [0.2, 0.25) is 0 Å². The first-order chi connectivity index (χ1) is 10.5. The maximum absolute atomic E-state index is 11.6. The predicted octanol–water partition coefficient (Wildman–Crippen LogP) is 2.94. The predicted molar refractivity (Wildman–Crippen MR) is 85.2 cm³/mol. The van der Waals surface area contributed by atoms with Gasteiger partial charge in [0, 0.05) is 34.5 Å². The van der Waals surface area contributed by atoms with Crippen molar-refractivity contribution in [2.75, 3.05) is 13.2 Å². The molecule has 5 heteroatoms. The zero-order chi connectivity index (χ0) is 15.9. The second-order valence-corrected chi connectivity index (χ2v) is 5.48. The molecule has 3 rings (SSSR count). The molecule has 0 aliphatic heterocycles. The number of rotatable bonds is 4. The van der Waals surface area contributed by atoms with Crippen LogP contribution in [0.1, 0.15) is 22.5 Å². The van der Waals surface area contributed by atoms with Gasteiger partial charge in [0.25, 0.3) is 0 Å². The van der Waals surface area contributed by atoms with Gasteiger partial charge in [-0.05, 0) is 32.4 Å². The van der Waals surface area contributed by atoms with Crippen molar-refractivity contribution >= 4 is 21.9 Å². The first-order valence-electron chi connectivity index (χ1n) is 7.26. The van der Waals surface area contributed by atoms with Crippen LogP contribution < -0.4 is 11.4 Å². The zero-order valence-corrected chi connectivity index (χ0v) is 13.0. The molecular weight excluding hydrogens is 282 g/mol. The average molecular weight is 301 g/mol. The summed E-state index contributed by atoms with van der Waals surface area (Å²) in [6.45, 7) is 7.17. The van der Waals surface area contributed by atoms with Crippen LogP contribution in [-0.4, -0.2) is 13.2 Å². The van der Waals surface area contributed by atoms with Gasteiger partial charge < -0.3 is 19.3 Å². The second-order valence-electron chi connectivity index (χ2n) is 5.48. The molecule has 0 saturated carbocycles. The highest BCUT2D eigenvalue weighted by Gasteiger charge is 2.17. The highest BCUT2D eigenvalue weighted by atomic mass is 16.5. The van der Waals surface area contributed by atoms with Crippen LogP contribution in [0.15, 0.2) is 25.8 Å². The Balaban J connectivity index is 2.28. The van der Waals surface area contributed by atoms with E-state index in [-0.39, 0.29) is 5.63 Å². The lowest BCUT2D eigenvalue weighted by Gasteiger charge is -2.06. The SMILES string of the molecule is Cc1oc2c(C)c3oc(=O)cc(C)c3cc2c1COCCN. The molecule has 0 aliphatic rings. The van der Waals surface area contributed by atoms with E-state index in [1.165, 1.54) is 6.07 Å². The van der Waals surface area contributed by atoms with Gasteiger partial charge in [0.05, 0.1) is 13.2 Å². The minimum atomic E-state index is -0.345. The summed E-state index contributed by atoms with van der Waals surface area (Å²) in [4.78, 5) is 11.6. The van der Waals surface area contributed by atoms with Gasteiger partial charge in [-0.3, -0.25) is 0 Å². The Labute approximate surface area is 127 Å². The Kier molecular flexibility index (Phi) is 3.76. The molecule has 0 aliphatic carbocycles. The quantitative estimate of drug-likeness (QED) is 0.592. The van der Waals surface area contributed by atoms with Gasteiger partial charge in [0.15, 0.2) is 0 Å². The number of ether oxygens (including phenoxy) is 1. The third-order valence-corrected chi connectivity index (χ3v) is 3.93. The van der Waals surface area contributed by atoms with Crippen LogP contribution in [-0.2, 0) is 11.3 Å². The fraction of sp³-hybridized carbons (Fsp3) is 0.353. The number of aryl methyl sites for hydroxylation is 3. The molecule has 0 spiro atoms. The monoisotopic (exact) mass is 301 g/mol. The van der Waals surface area contributed by atoms with E-state index >= 15 is 0 Å². The van der Waals surface area contributed by atoms with Crippen LogP contribution in [0.5, 0.6) is 0 Å². The Bertz CT molecular complexity index is 905. The molecule has 0 radical (unpaired) electrons. The fourth-order valence-corrected chi connectivity index (χ4v) is 2.79. The van der Waals surface area contributed by atoms with E-state index in [2.05, 4.69) is 0 Å². The molecule has 2 N–H and O–H groups in total. The van der Waals surface area contributed by atoms with Crippen molar-refractivity contribution in [2.24, 2.45) is 5.73 Å². The first-order valence-corrected chi connectivity index (χ1v) is 7.26. The van der Waals surface area contributed by atoms with Crippen molar-refractivity contribution in [2.45, 2.75) is 27.4 Å². The van der Waals surface area contributed by atoms with Crippen molar-refractivity contribution in [3.63, 3.8) is 0 Å². The highest BCUT2D eigenvalue weighted by Crippen LogP contribution is 2.34. The topological polar surface area (TPSA) is 78.6 Å². The third-order valence-electron chi connectivity index (χ3n) is 3.93. The summed E-state index contributed by atoms with van der Waals surface area (Å²) in [7, 11) is 0. The summed E-state index contributed by atoms with van der Waals surface area (Å²) < 4.78 is 16.8. The third kappa shape index (κ3) is 2.32. The largest absolute Gasteiger partial charge is 0.461 e. The summed E-state index contributed by atoms with van der Waals surface area (Å²) >= 11 is 0. The van der Waals surface area contributed by atoms with Crippen LogP contribution in [0.3, 0.4) is 0 Å². The summed E-state index contributed by atoms with van der Waals surface area (Å²) in [6.07, 6.45) is 0. The normalized spacial score (nSPS) is 11.6. The van der Waals surface area contributed by atoms with Crippen LogP contribution in [0.25, 0.3) is 21.9 Å². The van der Waals surface area contributed by atoms with Gasteiger partial charge in [-0.25, -0.2) is 4.79 Å². The average Bonchev–Trinajstić information content (AvgIpc) is 2.78. The number of hydrogen-bond donors (Lipinski definition) is 1. The number of fused-ring (bicyclic) bond motifs is 2. The molecule has 0 bridgehead atoms. The number of benzene rings is 1. The van der Waals surface area contributed by atoms with Crippen LogP contribution in [0.4, 0.5) is 0 Å². The molecule has 5 nitrogen and oxygen atoms in total. The number of hydrogen-bond acceptors (Lipinski definition) is 5. The Hall–Kier alpha value is -2.11. The van der Waals surface area contributed by atoms with Gasteiger partial charge in [0.2, 0.25) is 0 Å². The maximum Gasteiger partial charge on any atom is 0.336 e. The standard InChI is InChI=1S/C17H19NO4/c1-9-6-15(19)22-16-10(2)17-13(7-12(9)16)14(11(3)21-17)8-20-5-4-18/h6-7H,4-5,8,18H2,1-3H3. The zero-order valence-electron chi connectivity index (χ0n) is 13.0. The van der Waals surface area contributed by atoms with E-state index in [1.54, 1.807) is 0 Å². The lowest BCUT2D eigenvalue weighted by molar-refractivity contribution is 0.128. The number of furan rings is 1. The molecular formula is C17H19NO4. The maximum atomic E-state index is 11.6. The minimum absolute atomic E-state index is 0.345. The lowest BCUT2D eigenvalue weighted by Crippen LogP contribution is -2.08. The summed E-state index contributed by atoms with van der Waals surface area (Å²) in [5.74, 6) is 0.811. The smallest absolute Gasteiger partial charge is 0.336 e. The van der Waals surface area contributed by atoms with Gasteiger partial charge >= 0.3 is 5.63 Å². The van der Waals surface area contributed by atoms with Crippen molar-refractivity contribution in [1.29, 1.82) is 0 Å². The first kappa shape index (κ1) is 14.8. The summed E-state index contributed by atoms with van der Waals surface area (Å²) in [5.41, 5.74) is 9.18. The molecule has 0 unspecified atom stereocenters.